The Bertz CT molecular complexity index is 410. The summed E-state index contributed by atoms with van der Waals surface area (Å²) in [5.41, 5.74) is 1.44. The maximum atomic E-state index is 11.4. The number of carbonyl (C=O) groups excluding carboxylic acids is 1. The number of benzene rings is 1. The van der Waals surface area contributed by atoms with Gasteiger partial charge >= 0.3 is 0 Å². The van der Waals surface area contributed by atoms with E-state index in [1.165, 1.54) is 0 Å². The van der Waals surface area contributed by atoms with Gasteiger partial charge in [0.2, 0.25) is 0 Å². The standard InChI is InChI=1S/C15H20O3/c1-3-5-9-18-15-8-7-12(14(17)11-16)10-13(15)6-4-2/h4,7-8,10,16H,2-3,5-6,9,11H2,1H3. The van der Waals surface area contributed by atoms with Crippen LogP contribution in [0.2, 0.25) is 0 Å². The lowest BCUT2D eigenvalue weighted by atomic mass is 10.0. The van der Waals surface area contributed by atoms with E-state index in [-0.39, 0.29) is 5.78 Å². The summed E-state index contributed by atoms with van der Waals surface area (Å²) >= 11 is 0. The smallest absolute Gasteiger partial charge is 0.188 e. The number of hydrogen-bond acceptors (Lipinski definition) is 3. The van der Waals surface area contributed by atoms with Crippen molar-refractivity contribution in [3.8, 4) is 5.75 Å². The van der Waals surface area contributed by atoms with E-state index in [0.29, 0.717) is 18.6 Å². The van der Waals surface area contributed by atoms with Crippen LogP contribution in [0.4, 0.5) is 0 Å². The van der Waals surface area contributed by atoms with Crippen molar-refractivity contribution >= 4 is 5.78 Å². The third-order valence-electron chi connectivity index (χ3n) is 2.65. The van der Waals surface area contributed by atoms with Gasteiger partial charge in [-0.2, -0.15) is 0 Å². The maximum absolute atomic E-state index is 11.4. The third kappa shape index (κ3) is 4.00. The van der Waals surface area contributed by atoms with Gasteiger partial charge in [-0.05, 0) is 36.6 Å². The fourth-order valence-corrected chi connectivity index (χ4v) is 1.63. The molecule has 0 radical (unpaired) electrons. The molecule has 0 aliphatic rings. The Hall–Kier alpha value is -1.61. The van der Waals surface area contributed by atoms with Crippen LogP contribution in [0.15, 0.2) is 30.9 Å². The Morgan fingerprint density at radius 2 is 2.28 bits per heavy atom. The van der Waals surface area contributed by atoms with Gasteiger partial charge < -0.3 is 9.84 Å². The van der Waals surface area contributed by atoms with Crippen molar-refractivity contribution < 1.29 is 14.6 Å². The van der Waals surface area contributed by atoms with Crippen LogP contribution < -0.4 is 4.74 Å². The predicted octanol–water partition coefficient (Wildman–Crippen LogP) is 2.77. The molecule has 1 aromatic rings. The molecule has 98 valence electrons. The molecule has 18 heavy (non-hydrogen) atoms. The minimum Gasteiger partial charge on any atom is -0.493 e. The molecule has 0 saturated carbocycles. The molecule has 3 heteroatoms. The molecule has 0 spiro atoms. The first-order valence-electron chi connectivity index (χ1n) is 6.23. The number of ketones is 1. The second-order valence-corrected chi connectivity index (χ2v) is 4.10. The van der Waals surface area contributed by atoms with Crippen LogP contribution in [0.3, 0.4) is 0 Å². The number of allylic oxidation sites excluding steroid dienone is 1. The summed E-state index contributed by atoms with van der Waals surface area (Å²) in [5.74, 6) is 0.512. The van der Waals surface area contributed by atoms with E-state index >= 15 is 0 Å². The zero-order valence-corrected chi connectivity index (χ0v) is 10.8. The Morgan fingerprint density at radius 3 is 2.89 bits per heavy atom. The van der Waals surface area contributed by atoms with Crippen molar-refractivity contribution in [2.75, 3.05) is 13.2 Å². The van der Waals surface area contributed by atoms with Crippen LogP contribution in [0.1, 0.15) is 35.7 Å². The summed E-state index contributed by atoms with van der Waals surface area (Å²) < 4.78 is 5.68. The van der Waals surface area contributed by atoms with Crippen molar-refractivity contribution in [3.63, 3.8) is 0 Å². The SMILES string of the molecule is C=CCc1cc(C(=O)CO)ccc1OCCCC. The Labute approximate surface area is 108 Å². The summed E-state index contributed by atoms with van der Waals surface area (Å²) in [4.78, 5) is 11.4. The molecule has 1 aromatic carbocycles. The van der Waals surface area contributed by atoms with E-state index in [0.717, 1.165) is 24.2 Å². The van der Waals surface area contributed by atoms with Gasteiger partial charge in [-0.1, -0.05) is 19.4 Å². The highest BCUT2D eigenvalue weighted by Crippen LogP contribution is 2.22. The number of aliphatic hydroxyl groups is 1. The molecular weight excluding hydrogens is 228 g/mol. The predicted molar refractivity (Wildman–Crippen MR) is 72.2 cm³/mol. The van der Waals surface area contributed by atoms with E-state index < -0.39 is 6.61 Å². The van der Waals surface area contributed by atoms with E-state index in [1.807, 2.05) is 0 Å². The summed E-state index contributed by atoms with van der Waals surface area (Å²) in [6.45, 7) is 6.01. The highest BCUT2D eigenvalue weighted by molar-refractivity contribution is 5.97. The largest absolute Gasteiger partial charge is 0.493 e. The lowest BCUT2D eigenvalue weighted by molar-refractivity contribution is 0.0903. The normalized spacial score (nSPS) is 10.1. The van der Waals surface area contributed by atoms with Crippen LogP contribution in [0.25, 0.3) is 0 Å². The van der Waals surface area contributed by atoms with E-state index in [9.17, 15) is 4.79 Å². The number of Topliss-reactive ketones (excluding diaryl/α,β-unsaturated/α-hetero) is 1. The van der Waals surface area contributed by atoms with E-state index in [2.05, 4.69) is 13.5 Å². The van der Waals surface area contributed by atoms with Crippen LogP contribution in [-0.2, 0) is 6.42 Å². The van der Waals surface area contributed by atoms with Gasteiger partial charge in [0.25, 0.3) is 0 Å². The molecule has 0 aliphatic carbocycles. The van der Waals surface area contributed by atoms with Crippen LogP contribution in [0.5, 0.6) is 5.75 Å². The second-order valence-electron chi connectivity index (χ2n) is 4.10. The van der Waals surface area contributed by atoms with Gasteiger partial charge in [-0.15, -0.1) is 6.58 Å². The summed E-state index contributed by atoms with van der Waals surface area (Å²) in [6.07, 6.45) is 4.51. The lowest BCUT2D eigenvalue weighted by Gasteiger charge is -2.11. The Balaban J connectivity index is 2.89. The highest BCUT2D eigenvalue weighted by Gasteiger charge is 2.09. The van der Waals surface area contributed by atoms with Crippen LogP contribution >= 0.6 is 0 Å². The summed E-state index contributed by atoms with van der Waals surface area (Å²) in [7, 11) is 0. The average molecular weight is 248 g/mol. The summed E-state index contributed by atoms with van der Waals surface area (Å²) in [5, 5.41) is 8.85. The van der Waals surface area contributed by atoms with Gasteiger partial charge in [0.05, 0.1) is 6.61 Å². The topological polar surface area (TPSA) is 46.5 Å². The van der Waals surface area contributed by atoms with Gasteiger partial charge in [0, 0.05) is 5.56 Å². The quantitative estimate of drug-likeness (QED) is 0.437. The molecule has 3 nitrogen and oxygen atoms in total. The molecular formula is C15H20O3. The minimum atomic E-state index is -0.469. The molecule has 0 amide bonds. The van der Waals surface area contributed by atoms with Gasteiger partial charge in [-0.25, -0.2) is 0 Å². The first kappa shape index (κ1) is 14.5. The molecule has 0 bridgehead atoms. The molecule has 0 aliphatic heterocycles. The molecule has 0 atom stereocenters. The third-order valence-corrected chi connectivity index (χ3v) is 2.65. The average Bonchev–Trinajstić information content (AvgIpc) is 2.40. The van der Waals surface area contributed by atoms with Gasteiger partial charge in [0.1, 0.15) is 12.4 Å². The van der Waals surface area contributed by atoms with Gasteiger partial charge in [-0.3, -0.25) is 4.79 Å². The Morgan fingerprint density at radius 1 is 1.50 bits per heavy atom. The van der Waals surface area contributed by atoms with E-state index in [4.69, 9.17) is 9.84 Å². The summed E-state index contributed by atoms with van der Waals surface area (Å²) in [6, 6.07) is 5.24. The molecule has 0 saturated heterocycles. The van der Waals surface area contributed by atoms with Crippen molar-refractivity contribution in [2.45, 2.75) is 26.2 Å². The monoisotopic (exact) mass is 248 g/mol. The van der Waals surface area contributed by atoms with Crippen molar-refractivity contribution in [1.29, 1.82) is 0 Å². The molecule has 1 rings (SSSR count). The minimum absolute atomic E-state index is 0.277. The molecule has 0 fully saturated rings. The number of aliphatic hydroxyl groups excluding tert-OH is 1. The number of unbranched alkanes of at least 4 members (excludes halogenated alkanes) is 1. The molecule has 0 heterocycles. The number of ether oxygens (including phenoxy) is 1. The van der Waals surface area contributed by atoms with Crippen LogP contribution in [0, 0.1) is 0 Å². The number of rotatable bonds is 8. The lowest BCUT2D eigenvalue weighted by Crippen LogP contribution is -2.06. The Kier molecular flexibility index (Phi) is 6.15. The van der Waals surface area contributed by atoms with E-state index in [1.54, 1.807) is 24.3 Å². The van der Waals surface area contributed by atoms with Crippen LogP contribution in [-0.4, -0.2) is 24.1 Å². The van der Waals surface area contributed by atoms with Gasteiger partial charge in [0.15, 0.2) is 5.78 Å². The first-order chi connectivity index (χ1) is 8.72. The number of hydrogen-bond donors (Lipinski definition) is 1. The fraction of sp³-hybridized carbons (Fsp3) is 0.400. The van der Waals surface area contributed by atoms with Crippen molar-refractivity contribution in [2.24, 2.45) is 0 Å². The first-order valence-corrected chi connectivity index (χ1v) is 6.23. The van der Waals surface area contributed by atoms with Crippen molar-refractivity contribution in [3.05, 3.63) is 42.0 Å². The zero-order chi connectivity index (χ0) is 13.4. The second kappa shape index (κ2) is 7.67. The van der Waals surface area contributed by atoms with Crippen molar-refractivity contribution in [1.82, 2.24) is 0 Å². The molecule has 0 unspecified atom stereocenters. The number of carbonyl (C=O) groups is 1. The molecule has 1 N–H and O–H groups in total. The fourth-order valence-electron chi connectivity index (χ4n) is 1.63. The highest BCUT2D eigenvalue weighted by atomic mass is 16.5. The molecule has 0 aromatic heterocycles. The maximum Gasteiger partial charge on any atom is 0.188 e. The zero-order valence-electron chi connectivity index (χ0n) is 10.8.